The Hall–Kier alpha value is -1.52. The van der Waals surface area contributed by atoms with E-state index in [0.717, 1.165) is 0 Å². The molecular weight excluding hydrogens is 280 g/mol. The third-order valence-corrected chi connectivity index (χ3v) is 5.52. The monoisotopic (exact) mass is 306 g/mol. The van der Waals surface area contributed by atoms with Gasteiger partial charge >= 0.3 is 12.0 Å². The first-order chi connectivity index (χ1) is 10.5. The summed E-state index contributed by atoms with van der Waals surface area (Å²) in [5.41, 5.74) is 0. The maximum atomic E-state index is 12.4. The van der Waals surface area contributed by atoms with Crippen LogP contribution < -0.4 is 5.32 Å². The van der Waals surface area contributed by atoms with E-state index in [1.807, 2.05) is 6.92 Å². The van der Waals surface area contributed by atoms with Gasteiger partial charge < -0.3 is 15.3 Å². The van der Waals surface area contributed by atoms with Gasteiger partial charge in [-0.15, -0.1) is 0 Å². The number of likely N-dealkylation sites (tertiary alicyclic amines) is 1. The van der Waals surface area contributed by atoms with Crippen molar-refractivity contribution in [1.29, 1.82) is 0 Å². The standard InChI is InChI=1S/C17H26N2O3/c1-11-6-15(16(20)21)10-19(9-11)17(22)18-8-14-7-12-2-4-13(14)5-3-12/h2,4,11-15H,3,5-10H2,1H3,(H,18,22)(H,20,21). The zero-order chi connectivity index (χ0) is 15.7. The molecule has 2 amide bonds. The van der Waals surface area contributed by atoms with E-state index in [1.54, 1.807) is 4.90 Å². The van der Waals surface area contributed by atoms with Gasteiger partial charge in [0.1, 0.15) is 0 Å². The van der Waals surface area contributed by atoms with E-state index in [2.05, 4.69) is 17.5 Å². The SMILES string of the molecule is CC1CC(C(=O)O)CN(C(=O)NCC2CC3C=CC2CC3)C1. The molecule has 1 saturated heterocycles. The summed E-state index contributed by atoms with van der Waals surface area (Å²) in [5, 5.41) is 12.2. The Balaban J connectivity index is 1.51. The molecule has 0 spiro atoms. The lowest BCUT2D eigenvalue weighted by Crippen LogP contribution is -2.50. The second kappa shape index (κ2) is 6.31. The average molecular weight is 306 g/mol. The number of carboxylic acid groups (broad SMARTS) is 1. The molecule has 5 heteroatoms. The predicted octanol–water partition coefficient (Wildman–Crippen LogP) is 2.34. The van der Waals surface area contributed by atoms with E-state index < -0.39 is 11.9 Å². The zero-order valence-corrected chi connectivity index (χ0v) is 13.2. The van der Waals surface area contributed by atoms with Crippen LogP contribution in [0.3, 0.4) is 0 Å². The number of carboxylic acids is 1. The third-order valence-electron chi connectivity index (χ3n) is 5.52. The van der Waals surface area contributed by atoms with E-state index in [0.29, 0.717) is 43.8 Å². The van der Waals surface area contributed by atoms with Gasteiger partial charge in [0.2, 0.25) is 0 Å². The molecule has 0 aromatic heterocycles. The van der Waals surface area contributed by atoms with Gasteiger partial charge in [-0.3, -0.25) is 4.79 Å². The number of hydrogen-bond acceptors (Lipinski definition) is 2. The van der Waals surface area contributed by atoms with Crippen molar-refractivity contribution in [2.24, 2.45) is 29.6 Å². The second-order valence-corrected chi connectivity index (χ2v) is 7.35. The van der Waals surface area contributed by atoms with Crippen LogP contribution in [0, 0.1) is 29.6 Å². The molecule has 2 N–H and O–H groups in total. The van der Waals surface area contributed by atoms with Gasteiger partial charge in [-0.05, 0) is 49.4 Å². The van der Waals surface area contributed by atoms with Crippen LogP contribution in [-0.4, -0.2) is 41.6 Å². The molecule has 2 bridgehead atoms. The lowest BCUT2D eigenvalue weighted by atomic mass is 9.69. The molecule has 1 aliphatic heterocycles. The number of nitrogens with zero attached hydrogens (tertiary/aromatic N) is 1. The summed E-state index contributed by atoms with van der Waals surface area (Å²) in [4.78, 5) is 25.2. The molecule has 22 heavy (non-hydrogen) atoms. The fourth-order valence-electron chi connectivity index (χ4n) is 4.31. The van der Waals surface area contributed by atoms with Crippen molar-refractivity contribution in [3.63, 3.8) is 0 Å². The zero-order valence-electron chi connectivity index (χ0n) is 13.2. The van der Waals surface area contributed by atoms with Gasteiger partial charge in [-0.25, -0.2) is 4.79 Å². The maximum absolute atomic E-state index is 12.4. The Labute approximate surface area is 131 Å². The summed E-state index contributed by atoms with van der Waals surface area (Å²) < 4.78 is 0. The molecule has 3 aliphatic carbocycles. The quantitative estimate of drug-likeness (QED) is 0.786. The summed E-state index contributed by atoms with van der Waals surface area (Å²) in [7, 11) is 0. The highest BCUT2D eigenvalue weighted by molar-refractivity contribution is 5.76. The number of fused-ring (bicyclic) bond motifs is 2. The molecule has 5 nitrogen and oxygen atoms in total. The van der Waals surface area contributed by atoms with Gasteiger partial charge in [0.25, 0.3) is 0 Å². The fraction of sp³-hybridized carbons (Fsp3) is 0.765. The van der Waals surface area contributed by atoms with Crippen molar-refractivity contribution in [3.8, 4) is 0 Å². The number of piperidine rings is 1. The highest BCUT2D eigenvalue weighted by atomic mass is 16.4. The summed E-state index contributed by atoms with van der Waals surface area (Å²) in [6, 6.07) is -0.0942. The maximum Gasteiger partial charge on any atom is 0.317 e. The van der Waals surface area contributed by atoms with Crippen LogP contribution in [0.2, 0.25) is 0 Å². The van der Waals surface area contributed by atoms with Crippen LogP contribution in [0.1, 0.15) is 32.6 Å². The minimum atomic E-state index is -0.793. The van der Waals surface area contributed by atoms with Gasteiger partial charge in [0, 0.05) is 19.6 Å². The molecule has 2 fully saturated rings. The lowest BCUT2D eigenvalue weighted by Gasteiger charge is -2.39. The van der Waals surface area contributed by atoms with Crippen LogP contribution in [0.4, 0.5) is 4.79 Å². The minimum absolute atomic E-state index is 0.0942. The highest BCUT2D eigenvalue weighted by Gasteiger charge is 2.34. The molecule has 1 heterocycles. The molecular formula is C17H26N2O3. The Kier molecular flexibility index (Phi) is 4.41. The van der Waals surface area contributed by atoms with Crippen molar-refractivity contribution in [3.05, 3.63) is 12.2 Å². The Morgan fingerprint density at radius 2 is 2.05 bits per heavy atom. The highest BCUT2D eigenvalue weighted by Crippen LogP contribution is 2.39. The lowest BCUT2D eigenvalue weighted by molar-refractivity contribution is -0.143. The molecule has 0 aromatic carbocycles. The van der Waals surface area contributed by atoms with Crippen LogP contribution in [-0.2, 0) is 4.79 Å². The van der Waals surface area contributed by atoms with Gasteiger partial charge in [0.05, 0.1) is 5.92 Å². The first-order valence-corrected chi connectivity index (χ1v) is 8.47. The van der Waals surface area contributed by atoms with Crippen molar-refractivity contribution in [1.82, 2.24) is 10.2 Å². The van der Waals surface area contributed by atoms with Crippen LogP contribution in [0.25, 0.3) is 0 Å². The molecule has 5 unspecified atom stereocenters. The number of amides is 2. The summed E-state index contributed by atoms with van der Waals surface area (Å²) in [6.45, 7) is 3.72. The first-order valence-electron chi connectivity index (χ1n) is 8.47. The molecule has 0 radical (unpaired) electrons. The van der Waals surface area contributed by atoms with E-state index >= 15 is 0 Å². The van der Waals surface area contributed by atoms with Crippen LogP contribution >= 0.6 is 0 Å². The Morgan fingerprint density at radius 1 is 1.23 bits per heavy atom. The third kappa shape index (κ3) is 3.28. The fourth-order valence-corrected chi connectivity index (χ4v) is 4.31. The van der Waals surface area contributed by atoms with Gasteiger partial charge in [-0.1, -0.05) is 19.1 Å². The van der Waals surface area contributed by atoms with E-state index in [1.165, 1.54) is 19.3 Å². The van der Waals surface area contributed by atoms with E-state index in [-0.39, 0.29) is 11.9 Å². The van der Waals surface area contributed by atoms with Crippen molar-refractivity contribution >= 4 is 12.0 Å². The van der Waals surface area contributed by atoms with Crippen molar-refractivity contribution < 1.29 is 14.7 Å². The number of hydrogen-bond donors (Lipinski definition) is 2. The summed E-state index contributed by atoms with van der Waals surface area (Å²) >= 11 is 0. The average Bonchev–Trinajstić information content (AvgIpc) is 2.53. The molecule has 4 rings (SSSR count). The largest absolute Gasteiger partial charge is 0.481 e. The number of allylic oxidation sites excluding steroid dienone is 2. The molecule has 0 aromatic rings. The van der Waals surface area contributed by atoms with Gasteiger partial charge in [0.15, 0.2) is 0 Å². The number of nitrogens with one attached hydrogen (secondary N) is 1. The normalized spacial score (nSPS) is 37.1. The minimum Gasteiger partial charge on any atom is -0.481 e. The number of rotatable bonds is 3. The second-order valence-electron chi connectivity index (χ2n) is 7.35. The predicted molar refractivity (Wildman–Crippen MR) is 83.3 cm³/mol. The van der Waals surface area contributed by atoms with E-state index in [4.69, 9.17) is 0 Å². The van der Waals surface area contributed by atoms with Crippen LogP contribution in [0.15, 0.2) is 12.2 Å². The number of aliphatic carboxylic acids is 1. The smallest absolute Gasteiger partial charge is 0.317 e. The van der Waals surface area contributed by atoms with E-state index in [9.17, 15) is 14.7 Å². The summed E-state index contributed by atoms with van der Waals surface area (Å²) in [5.74, 6) is 0.872. The Bertz CT molecular complexity index is 477. The molecule has 5 atom stereocenters. The molecule has 1 saturated carbocycles. The van der Waals surface area contributed by atoms with Crippen molar-refractivity contribution in [2.45, 2.75) is 32.6 Å². The molecule has 4 aliphatic rings. The summed E-state index contributed by atoms with van der Waals surface area (Å²) in [6.07, 6.45) is 9.01. The number of carbonyl (C=O) groups excluding carboxylic acids is 1. The Morgan fingerprint density at radius 3 is 2.64 bits per heavy atom. The van der Waals surface area contributed by atoms with Crippen molar-refractivity contribution in [2.75, 3.05) is 19.6 Å². The number of carbonyl (C=O) groups is 2. The first kappa shape index (κ1) is 15.4. The number of urea groups is 1. The van der Waals surface area contributed by atoms with Crippen LogP contribution in [0.5, 0.6) is 0 Å². The topological polar surface area (TPSA) is 69.6 Å². The molecule has 122 valence electrons. The van der Waals surface area contributed by atoms with Gasteiger partial charge in [-0.2, -0.15) is 0 Å².